The van der Waals surface area contributed by atoms with Crippen molar-refractivity contribution < 1.29 is 8.42 Å². The summed E-state index contributed by atoms with van der Waals surface area (Å²) in [7, 11) is -2.95. The fraction of sp³-hybridized carbons (Fsp3) is 0.667. The first-order chi connectivity index (χ1) is 4.99. The highest BCUT2D eigenvalue weighted by molar-refractivity contribution is 7.90. The van der Waals surface area contributed by atoms with Gasteiger partial charge in [-0.25, -0.2) is 8.42 Å². The Balaban J connectivity index is 3.98. The number of sulfone groups is 1. The van der Waals surface area contributed by atoms with Crippen molar-refractivity contribution in [3.63, 3.8) is 0 Å². The molecule has 0 aliphatic heterocycles. The molecule has 0 aromatic carbocycles. The Kier molecular flexibility index (Phi) is 4.32. The Bertz CT molecular complexity index is 211. The summed E-state index contributed by atoms with van der Waals surface area (Å²) in [5.41, 5.74) is 2.41. The lowest BCUT2D eigenvalue weighted by Gasteiger charge is -2.11. The molecule has 66 valence electrons. The molecule has 0 fully saturated rings. The quantitative estimate of drug-likeness (QED) is 0.336. The molecule has 0 spiro atoms. The lowest BCUT2D eigenvalue weighted by Crippen LogP contribution is -2.39. The largest absolute Gasteiger partial charge is 0.271 e. The molecule has 0 aliphatic carbocycles. The lowest BCUT2D eigenvalue weighted by molar-refractivity contribution is 0.552. The van der Waals surface area contributed by atoms with Crippen molar-refractivity contribution in [3.8, 4) is 0 Å². The van der Waals surface area contributed by atoms with Crippen molar-refractivity contribution in [2.45, 2.75) is 12.5 Å². The zero-order valence-electron chi connectivity index (χ0n) is 6.58. The van der Waals surface area contributed by atoms with Crippen LogP contribution in [0.15, 0.2) is 12.7 Å². The highest BCUT2D eigenvalue weighted by Gasteiger charge is 2.11. The van der Waals surface area contributed by atoms with E-state index in [2.05, 4.69) is 12.0 Å². The van der Waals surface area contributed by atoms with E-state index in [1.807, 2.05) is 0 Å². The highest BCUT2D eigenvalue weighted by Crippen LogP contribution is 1.95. The van der Waals surface area contributed by atoms with E-state index in [0.717, 1.165) is 0 Å². The Morgan fingerprint density at radius 1 is 1.73 bits per heavy atom. The van der Waals surface area contributed by atoms with Crippen LogP contribution in [-0.4, -0.2) is 26.5 Å². The van der Waals surface area contributed by atoms with Gasteiger partial charge in [0.1, 0.15) is 9.84 Å². The molecule has 0 aromatic rings. The van der Waals surface area contributed by atoms with Crippen LogP contribution < -0.4 is 11.3 Å². The van der Waals surface area contributed by atoms with Gasteiger partial charge >= 0.3 is 0 Å². The smallest absolute Gasteiger partial charge is 0.149 e. The fourth-order valence-corrected chi connectivity index (χ4v) is 1.71. The van der Waals surface area contributed by atoms with Crippen LogP contribution in [0.5, 0.6) is 0 Å². The van der Waals surface area contributed by atoms with Crippen LogP contribution in [0.3, 0.4) is 0 Å². The van der Waals surface area contributed by atoms with Gasteiger partial charge in [0, 0.05) is 12.3 Å². The minimum absolute atomic E-state index is 0.0511. The topological polar surface area (TPSA) is 72.2 Å². The van der Waals surface area contributed by atoms with E-state index in [4.69, 9.17) is 5.84 Å². The van der Waals surface area contributed by atoms with Gasteiger partial charge in [-0.2, -0.15) is 0 Å². The van der Waals surface area contributed by atoms with E-state index in [1.54, 1.807) is 6.08 Å². The Hall–Kier alpha value is -0.390. The number of hydrazine groups is 1. The predicted octanol–water partition coefficient (Wildman–Crippen LogP) is -0.561. The minimum Gasteiger partial charge on any atom is -0.271 e. The Labute approximate surface area is 67.4 Å². The van der Waals surface area contributed by atoms with Crippen LogP contribution in [0.25, 0.3) is 0 Å². The van der Waals surface area contributed by atoms with Crippen molar-refractivity contribution in [2.24, 2.45) is 5.84 Å². The maximum Gasteiger partial charge on any atom is 0.149 e. The first-order valence-corrected chi connectivity index (χ1v) is 5.30. The molecule has 0 heterocycles. The molecule has 1 atom stereocenters. The normalized spacial score (nSPS) is 14.4. The van der Waals surface area contributed by atoms with Crippen LogP contribution in [0, 0.1) is 0 Å². The summed E-state index contributed by atoms with van der Waals surface area (Å²) in [4.78, 5) is 0. The zero-order chi connectivity index (χ0) is 8.91. The molecule has 5 heteroatoms. The molecule has 0 aliphatic rings. The van der Waals surface area contributed by atoms with E-state index >= 15 is 0 Å². The fourth-order valence-electron chi connectivity index (χ4n) is 0.751. The van der Waals surface area contributed by atoms with Crippen LogP contribution in [-0.2, 0) is 9.84 Å². The molecule has 1 unspecified atom stereocenters. The molecular formula is C6H14N2O2S. The van der Waals surface area contributed by atoms with Gasteiger partial charge in [0.2, 0.25) is 0 Å². The number of hydrogen-bond donors (Lipinski definition) is 2. The van der Waals surface area contributed by atoms with Gasteiger partial charge in [0.05, 0.1) is 5.75 Å². The van der Waals surface area contributed by atoms with E-state index in [-0.39, 0.29) is 11.8 Å². The summed E-state index contributed by atoms with van der Waals surface area (Å²) in [6.45, 7) is 3.49. The van der Waals surface area contributed by atoms with Gasteiger partial charge in [0.15, 0.2) is 0 Å². The average Bonchev–Trinajstić information content (AvgIpc) is 1.84. The van der Waals surface area contributed by atoms with Gasteiger partial charge in [-0.15, -0.1) is 6.58 Å². The van der Waals surface area contributed by atoms with E-state index < -0.39 is 9.84 Å². The summed E-state index contributed by atoms with van der Waals surface area (Å²) in [5, 5.41) is 0. The van der Waals surface area contributed by atoms with Crippen molar-refractivity contribution in [3.05, 3.63) is 12.7 Å². The molecule has 0 saturated heterocycles. The van der Waals surface area contributed by atoms with Gasteiger partial charge in [-0.3, -0.25) is 11.3 Å². The van der Waals surface area contributed by atoms with Crippen LogP contribution in [0.4, 0.5) is 0 Å². The molecule has 0 amide bonds. The zero-order valence-corrected chi connectivity index (χ0v) is 7.39. The third-order valence-electron chi connectivity index (χ3n) is 1.19. The maximum absolute atomic E-state index is 10.7. The average molecular weight is 178 g/mol. The highest BCUT2D eigenvalue weighted by atomic mass is 32.2. The van der Waals surface area contributed by atoms with Crippen molar-refractivity contribution in [1.29, 1.82) is 0 Å². The molecule has 0 aromatic heterocycles. The van der Waals surface area contributed by atoms with Crippen LogP contribution in [0.1, 0.15) is 6.42 Å². The summed E-state index contributed by atoms with van der Waals surface area (Å²) in [6.07, 6.45) is 3.37. The molecule has 11 heavy (non-hydrogen) atoms. The summed E-state index contributed by atoms with van der Waals surface area (Å²) in [5.74, 6) is 5.15. The molecule has 0 radical (unpaired) electrons. The second-order valence-corrected chi connectivity index (χ2v) is 4.67. The maximum atomic E-state index is 10.7. The first-order valence-electron chi connectivity index (χ1n) is 3.24. The number of rotatable bonds is 5. The van der Waals surface area contributed by atoms with Gasteiger partial charge in [-0.1, -0.05) is 6.08 Å². The number of nitrogens with one attached hydrogen (secondary N) is 1. The second-order valence-electron chi connectivity index (χ2n) is 2.48. The lowest BCUT2D eigenvalue weighted by atomic mass is 10.2. The molecule has 4 nitrogen and oxygen atoms in total. The molecule has 3 N–H and O–H groups in total. The molecular weight excluding hydrogens is 164 g/mol. The summed E-state index contributed by atoms with van der Waals surface area (Å²) in [6, 6.07) is -0.220. The van der Waals surface area contributed by atoms with Crippen molar-refractivity contribution in [1.82, 2.24) is 5.43 Å². The number of hydrogen-bond acceptors (Lipinski definition) is 4. The van der Waals surface area contributed by atoms with Gasteiger partial charge < -0.3 is 0 Å². The monoisotopic (exact) mass is 178 g/mol. The summed E-state index contributed by atoms with van der Waals surface area (Å²) < 4.78 is 21.5. The molecule has 0 rings (SSSR count). The number of nitrogens with two attached hydrogens (primary N) is 1. The van der Waals surface area contributed by atoms with Crippen molar-refractivity contribution in [2.75, 3.05) is 12.0 Å². The first kappa shape index (κ1) is 10.6. The predicted molar refractivity (Wildman–Crippen MR) is 45.6 cm³/mol. The van der Waals surface area contributed by atoms with Crippen molar-refractivity contribution >= 4 is 9.84 Å². The van der Waals surface area contributed by atoms with E-state index in [1.165, 1.54) is 6.26 Å². The third kappa shape index (κ3) is 6.03. The van der Waals surface area contributed by atoms with Crippen LogP contribution >= 0.6 is 0 Å². The SMILES string of the molecule is C=CCC(CS(C)(=O)=O)NN. The van der Waals surface area contributed by atoms with Gasteiger partial charge in [0.25, 0.3) is 0 Å². The van der Waals surface area contributed by atoms with Crippen LogP contribution in [0.2, 0.25) is 0 Å². The van der Waals surface area contributed by atoms with E-state index in [9.17, 15) is 8.42 Å². The Morgan fingerprint density at radius 3 is 2.55 bits per heavy atom. The van der Waals surface area contributed by atoms with Gasteiger partial charge in [-0.05, 0) is 6.42 Å². The van der Waals surface area contributed by atoms with E-state index in [0.29, 0.717) is 6.42 Å². The summed E-state index contributed by atoms with van der Waals surface area (Å²) >= 11 is 0. The third-order valence-corrected chi connectivity index (χ3v) is 2.20. The molecule has 0 saturated carbocycles. The molecule has 0 bridgehead atoms. The second kappa shape index (κ2) is 4.48. The standard InChI is InChI=1S/C6H14N2O2S/c1-3-4-6(8-7)5-11(2,9)10/h3,6,8H,1,4-5,7H2,2H3. The Morgan fingerprint density at radius 2 is 2.27 bits per heavy atom. The minimum atomic E-state index is -2.95.